The summed E-state index contributed by atoms with van der Waals surface area (Å²) in [5.74, 6) is 0.975. The Kier molecular flexibility index (Phi) is 6.83. The number of halogens is 2. The first-order valence-electron chi connectivity index (χ1n) is 8.31. The molecule has 0 radical (unpaired) electrons. The van der Waals surface area contributed by atoms with Crippen LogP contribution in [0.4, 0.5) is 21.2 Å². The molecule has 1 atom stereocenters. The fourth-order valence-electron chi connectivity index (χ4n) is 2.48. The first-order valence-corrected chi connectivity index (χ1v) is 10.5. The topological polar surface area (TPSA) is 134 Å². The fourth-order valence-corrected chi connectivity index (χ4v) is 3.50. The molecular formula is C16H22I2N6O4. The van der Waals surface area contributed by atoms with Crippen molar-refractivity contribution in [2.24, 2.45) is 5.41 Å². The van der Waals surface area contributed by atoms with Gasteiger partial charge in [0.15, 0.2) is 11.6 Å². The number of hydrogen-bond donors (Lipinski definition) is 4. The van der Waals surface area contributed by atoms with E-state index >= 15 is 0 Å². The molecular weight excluding hydrogens is 594 g/mol. The minimum atomic E-state index is -1.14. The van der Waals surface area contributed by atoms with E-state index in [4.69, 9.17) is 0 Å². The Morgan fingerprint density at radius 3 is 1.82 bits per heavy atom. The lowest BCUT2D eigenvalue weighted by Crippen LogP contribution is -2.40. The molecule has 0 amide bonds. The van der Waals surface area contributed by atoms with E-state index in [1.54, 1.807) is 13.8 Å². The van der Waals surface area contributed by atoms with Crippen molar-refractivity contribution in [3.63, 3.8) is 0 Å². The van der Waals surface area contributed by atoms with Gasteiger partial charge in [0.1, 0.15) is 0 Å². The van der Waals surface area contributed by atoms with Crippen molar-refractivity contribution in [2.45, 2.75) is 40.7 Å². The smallest absolute Gasteiger partial charge is 0.432 e. The van der Waals surface area contributed by atoms with Crippen molar-refractivity contribution in [3.8, 4) is 0 Å². The van der Waals surface area contributed by atoms with Crippen molar-refractivity contribution in [1.29, 1.82) is 0 Å². The second-order valence-electron chi connectivity index (χ2n) is 7.33. The molecule has 2 aromatic heterocycles. The first-order chi connectivity index (χ1) is 12.8. The highest BCUT2D eigenvalue weighted by Crippen LogP contribution is 2.28. The van der Waals surface area contributed by atoms with E-state index in [0.29, 0.717) is 29.6 Å². The fraction of sp³-hybridized carbons (Fsp3) is 0.500. The Labute approximate surface area is 189 Å². The monoisotopic (exact) mass is 616 g/mol. The van der Waals surface area contributed by atoms with E-state index in [2.05, 4.69) is 66.0 Å². The van der Waals surface area contributed by atoms with Crippen molar-refractivity contribution in [3.05, 3.63) is 18.5 Å². The van der Waals surface area contributed by atoms with E-state index in [9.17, 15) is 19.8 Å². The van der Waals surface area contributed by atoms with Crippen molar-refractivity contribution in [2.75, 3.05) is 17.2 Å². The van der Waals surface area contributed by atoms with Crippen LogP contribution >= 0.6 is 45.2 Å². The third-order valence-corrected chi connectivity index (χ3v) is 6.86. The molecule has 0 saturated heterocycles. The van der Waals surface area contributed by atoms with Gasteiger partial charge < -0.3 is 20.8 Å². The van der Waals surface area contributed by atoms with Crippen LogP contribution in [0.15, 0.2) is 0 Å². The molecule has 12 heteroatoms. The van der Waals surface area contributed by atoms with Gasteiger partial charge in [0, 0.05) is 12.6 Å². The molecule has 0 saturated carbocycles. The number of carbonyl (C=O) groups is 2. The summed E-state index contributed by atoms with van der Waals surface area (Å²) in [6.07, 6.45) is -2.28. The normalized spacial score (nSPS) is 12.7. The van der Waals surface area contributed by atoms with Crippen LogP contribution in [0, 0.1) is 26.4 Å². The summed E-state index contributed by atoms with van der Waals surface area (Å²) < 4.78 is 3.34. The number of aromatic nitrogens is 4. The second kappa shape index (κ2) is 8.42. The third kappa shape index (κ3) is 4.69. The number of nitrogens with one attached hydrogen (secondary N) is 2. The van der Waals surface area contributed by atoms with Gasteiger partial charge in [-0.1, -0.05) is 20.8 Å². The van der Waals surface area contributed by atoms with E-state index < -0.39 is 12.2 Å². The maximum Gasteiger partial charge on any atom is 0.432 e. The third-order valence-electron chi connectivity index (χ3n) is 4.28. The van der Waals surface area contributed by atoms with Crippen LogP contribution in [0.25, 0.3) is 0 Å². The Morgan fingerprint density at radius 2 is 1.43 bits per heavy atom. The van der Waals surface area contributed by atoms with Gasteiger partial charge in [-0.3, -0.25) is 0 Å². The molecule has 4 N–H and O–H groups in total. The molecule has 2 aromatic rings. The molecule has 2 rings (SSSR count). The van der Waals surface area contributed by atoms with Gasteiger partial charge in [0.25, 0.3) is 0 Å². The summed E-state index contributed by atoms with van der Waals surface area (Å²) in [4.78, 5) is 22.6. The van der Waals surface area contributed by atoms with Gasteiger partial charge in [-0.05, 0) is 64.4 Å². The number of rotatable bonds is 5. The van der Waals surface area contributed by atoms with Crippen LogP contribution in [-0.4, -0.2) is 54.5 Å². The Bertz CT molecular complexity index is 915. The van der Waals surface area contributed by atoms with Crippen molar-refractivity contribution in [1.82, 2.24) is 19.6 Å². The van der Waals surface area contributed by atoms with E-state index in [1.807, 2.05) is 20.8 Å². The second-order valence-corrected chi connectivity index (χ2v) is 9.49. The van der Waals surface area contributed by atoms with Crippen LogP contribution in [0.2, 0.25) is 0 Å². The maximum absolute atomic E-state index is 11.3. The first kappa shape index (κ1) is 22.7. The molecule has 28 heavy (non-hydrogen) atoms. The zero-order valence-corrected chi connectivity index (χ0v) is 20.4. The largest absolute Gasteiger partial charge is 0.463 e. The number of carboxylic acid groups (broad SMARTS) is 2. The molecule has 0 spiro atoms. The molecule has 2 heterocycles. The van der Waals surface area contributed by atoms with Crippen LogP contribution < -0.4 is 10.6 Å². The average Bonchev–Trinajstić information content (AvgIpc) is 3.02. The number of anilines is 2. The van der Waals surface area contributed by atoms with Crippen LogP contribution in [-0.2, 0) is 0 Å². The lowest BCUT2D eigenvalue weighted by atomic mass is 9.86. The highest BCUT2D eigenvalue weighted by molar-refractivity contribution is 14.1. The summed E-state index contributed by atoms with van der Waals surface area (Å²) >= 11 is 4.13. The van der Waals surface area contributed by atoms with Gasteiger partial charge in [-0.15, -0.1) is 10.2 Å². The van der Waals surface area contributed by atoms with E-state index in [1.165, 1.54) is 0 Å². The Morgan fingerprint density at radius 1 is 1.00 bits per heavy atom. The van der Waals surface area contributed by atoms with Crippen LogP contribution in [0.3, 0.4) is 0 Å². The van der Waals surface area contributed by atoms with Gasteiger partial charge >= 0.3 is 12.2 Å². The maximum atomic E-state index is 11.3. The molecule has 10 nitrogen and oxygen atoms in total. The number of hydrogen-bond acceptors (Lipinski definition) is 6. The lowest BCUT2D eigenvalue weighted by molar-refractivity contribution is 0.191. The minimum Gasteiger partial charge on any atom is -0.463 e. The highest BCUT2D eigenvalue weighted by Gasteiger charge is 2.28. The van der Waals surface area contributed by atoms with Gasteiger partial charge in [-0.2, -0.15) is 9.36 Å². The van der Waals surface area contributed by atoms with Crippen LogP contribution in [0.5, 0.6) is 0 Å². The summed E-state index contributed by atoms with van der Waals surface area (Å²) in [5.41, 5.74) is 0.884. The summed E-state index contributed by atoms with van der Waals surface area (Å²) in [6, 6.07) is -0.136. The van der Waals surface area contributed by atoms with Gasteiger partial charge in [0.05, 0.1) is 18.5 Å². The predicted octanol–water partition coefficient (Wildman–Crippen LogP) is 3.90. The average molecular weight is 616 g/mol. The Balaban J connectivity index is 2.25. The minimum absolute atomic E-state index is 0.136. The Hall–Kier alpha value is -1.58. The van der Waals surface area contributed by atoms with E-state index in [0.717, 1.165) is 16.5 Å². The van der Waals surface area contributed by atoms with Crippen molar-refractivity contribution >= 4 is 69.0 Å². The quantitative estimate of drug-likeness (QED) is 0.372. The zero-order chi connectivity index (χ0) is 21.4. The standard InChI is InChI=1S/C16H22I2N6O4/c1-7-10(17)12(21-23(7)14(25)26)19-6-9(16(3,4)5)20-13-11(18)8(2)24(22-13)15(27)28/h9H,6H2,1-5H3,(H,19,21)(H,20,22)(H,25,26)(H,27,28). The van der Waals surface area contributed by atoms with E-state index in [-0.39, 0.29) is 11.5 Å². The zero-order valence-electron chi connectivity index (χ0n) is 16.0. The lowest BCUT2D eigenvalue weighted by Gasteiger charge is -2.32. The molecule has 0 aliphatic heterocycles. The summed E-state index contributed by atoms with van der Waals surface area (Å²) in [5, 5.41) is 33.2. The molecule has 0 aromatic carbocycles. The SMILES string of the molecule is Cc1c(I)c(NCC(Nc2nn(C(=O)O)c(C)c2I)C(C)(C)C)nn1C(=O)O. The van der Waals surface area contributed by atoms with Crippen molar-refractivity contribution < 1.29 is 19.8 Å². The summed E-state index contributed by atoms with van der Waals surface area (Å²) in [6.45, 7) is 9.97. The molecule has 0 bridgehead atoms. The molecule has 154 valence electrons. The number of nitrogens with zero attached hydrogens (tertiary/aromatic N) is 4. The summed E-state index contributed by atoms with van der Waals surface area (Å²) in [7, 11) is 0. The predicted molar refractivity (Wildman–Crippen MR) is 122 cm³/mol. The highest BCUT2D eigenvalue weighted by atomic mass is 127. The molecule has 0 aliphatic carbocycles. The van der Waals surface area contributed by atoms with Gasteiger partial charge in [0.2, 0.25) is 0 Å². The van der Waals surface area contributed by atoms with Crippen LogP contribution in [0.1, 0.15) is 32.2 Å². The molecule has 1 unspecified atom stereocenters. The van der Waals surface area contributed by atoms with Gasteiger partial charge in [-0.25, -0.2) is 9.59 Å². The molecule has 0 aliphatic rings. The molecule has 0 fully saturated rings.